The highest BCUT2D eigenvalue weighted by Gasteiger charge is 2.19. The Labute approximate surface area is 169 Å². The molecule has 0 atom stereocenters. The summed E-state index contributed by atoms with van der Waals surface area (Å²) in [6.07, 6.45) is 0. The van der Waals surface area contributed by atoms with Crippen molar-refractivity contribution >= 4 is 71.3 Å². The van der Waals surface area contributed by atoms with E-state index in [1.54, 1.807) is 19.0 Å². The molecule has 152 valence electrons. The van der Waals surface area contributed by atoms with E-state index in [-0.39, 0.29) is 11.5 Å². The molecule has 0 radical (unpaired) electrons. The van der Waals surface area contributed by atoms with Gasteiger partial charge in [0.15, 0.2) is 0 Å². The Morgan fingerprint density at radius 3 is 1.60 bits per heavy atom. The molecule has 0 aromatic rings. The van der Waals surface area contributed by atoms with E-state index in [0.29, 0.717) is 21.6 Å². The summed E-state index contributed by atoms with van der Waals surface area (Å²) in [5.41, 5.74) is 0. The van der Waals surface area contributed by atoms with Crippen molar-refractivity contribution in [1.82, 2.24) is 9.80 Å². The largest absolute Gasteiger partial charge is 0.319 e. The summed E-state index contributed by atoms with van der Waals surface area (Å²) < 4.78 is 59.0. The van der Waals surface area contributed by atoms with Crippen molar-refractivity contribution in [3.63, 3.8) is 0 Å². The number of hydrogen-bond donors (Lipinski definition) is 2. The van der Waals surface area contributed by atoms with Crippen molar-refractivity contribution in [3.8, 4) is 0 Å². The van der Waals surface area contributed by atoms with E-state index < -0.39 is 24.3 Å². The van der Waals surface area contributed by atoms with Gasteiger partial charge in [0.2, 0.25) is 0 Å². The van der Waals surface area contributed by atoms with E-state index >= 15 is 0 Å². The predicted octanol–water partition coefficient (Wildman–Crippen LogP) is 1.95. The second-order valence-electron chi connectivity index (χ2n) is 5.30. The van der Waals surface area contributed by atoms with Crippen LogP contribution in [0.5, 0.6) is 0 Å². The first-order chi connectivity index (χ1) is 11.3. The summed E-state index contributed by atoms with van der Waals surface area (Å²) in [6.45, 7) is 0. The van der Waals surface area contributed by atoms with Crippen LogP contribution in [0.4, 0.5) is 0 Å². The molecule has 0 aromatic carbocycles. The van der Waals surface area contributed by atoms with E-state index in [0.717, 1.165) is 6.04 Å². The summed E-state index contributed by atoms with van der Waals surface area (Å²) in [5.74, 6) is 2.58. The van der Waals surface area contributed by atoms with Crippen LogP contribution in [-0.4, -0.2) is 99.0 Å². The molecular weight excluding hydrogens is 469 g/mol. The van der Waals surface area contributed by atoms with Gasteiger partial charge < -0.3 is 9.80 Å². The topological polar surface area (TPSA) is 115 Å². The molecule has 1 aliphatic rings. The summed E-state index contributed by atoms with van der Waals surface area (Å²) in [7, 11) is 5.81. The molecule has 1 rings (SSSR count). The maximum Gasteiger partial charge on any atom is 0.319 e. The van der Waals surface area contributed by atoms with Crippen molar-refractivity contribution in [3.05, 3.63) is 0 Å². The van der Waals surface area contributed by atoms with Crippen molar-refractivity contribution in [1.29, 1.82) is 0 Å². The van der Waals surface area contributed by atoms with Crippen LogP contribution in [0, 0.1) is 0 Å². The van der Waals surface area contributed by atoms with Crippen molar-refractivity contribution in [2.75, 3.05) is 51.2 Å². The van der Waals surface area contributed by atoms with Gasteiger partial charge in [0.05, 0.1) is 0 Å². The molecule has 0 bridgehead atoms. The predicted molar refractivity (Wildman–Crippen MR) is 115 cm³/mol. The minimum atomic E-state index is -4.14. The van der Waals surface area contributed by atoms with Gasteiger partial charge in [0.1, 0.15) is 0 Å². The van der Waals surface area contributed by atoms with E-state index in [2.05, 4.69) is 19.0 Å². The summed E-state index contributed by atoms with van der Waals surface area (Å²) in [5, 5.41) is 0. The fraction of sp³-hybridized carbons (Fsp3) is 1.00. The lowest BCUT2D eigenvalue weighted by atomic mass is 10.4. The summed E-state index contributed by atoms with van der Waals surface area (Å²) >= 11 is 0. The van der Waals surface area contributed by atoms with Crippen molar-refractivity contribution in [2.45, 2.75) is 12.1 Å². The van der Waals surface area contributed by atoms with Crippen LogP contribution in [0.3, 0.4) is 0 Å². The smallest absolute Gasteiger partial charge is 0.305 e. The van der Waals surface area contributed by atoms with E-state index in [1.807, 2.05) is 31.4 Å². The Morgan fingerprint density at radius 2 is 1.36 bits per heavy atom. The van der Waals surface area contributed by atoms with Gasteiger partial charge in [-0.3, -0.25) is 9.11 Å². The van der Waals surface area contributed by atoms with Crippen molar-refractivity contribution in [2.24, 2.45) is 0 Å². The van der Waals surface area contributed by atoms with Crippen LogP contribution in [-0.2, 0) is 18.3 Å². The number of rotatable bonds is 8. The number of nitrogens with zero attached hydrogens (tertiary/aromatic N) is 2. The third-order valence-corrected chi connectivity index (χ3v) is 11.5. The molecule has 1 heterocycles. The molecule has 0 spiro atoms. The van der Waals surface area contributed by atoms with Crippen LogP contribution in [0.25, 0.3) is 0 Å². The second kappa shape index (κ2) is 12.9. The molecule has 2 N–H and O–H groups in total. The average Bonchev–Trinajstić information content (AvgIpc) is 2.46. The Hall–Kier alpha value is 1.49. The second-order valence-corrected chi connectivity index (χ2v) is 16.4. The third-order valence-electron chi connectivity index (χ3n) is 2.90. The van der Waals surface area contributed by atoms with Gasteiger partial charge in [-0.2, -0.15) is 16.8 Å². The molecule has 1 saturated heterocycles. The minimum absolute atomic E-state index is 0.00829. The lowest BCUT2D eigenvalue weighted by molar-refractivity contribution is 0.345. The molecule has 8 nitrogen and oxygen atoms in total. The van der Waals surface area contributed by atoms with Crippen LogP contribution < -0.4 is 0 Å². The zero-order valence-corrected chi connectivity index (χ0v) is 20.0. The van der Waals surface area contributed by atoms with Gasteiger partial charge in [-0.15, -0.1) is 0 Å². The minimum Gasteiger partial charge on any atom is -0.305 e. The van der Waals surface area contributed by atoms with Gasteiger partial charge in [-0.25, -0.2) is 0 Å². The van der Waals surface area contributed by atoms with Gasteiger partial charge in [-0.05, 0) is 59.6 Å². The Balaban J connectivity index is 0.000000535. The Bertz CT molecular complexity index is 526. The Morgan fingerprint density at radius 1 is 0.960 bits per heavy atom. The van der Waals surface area contributed by atoms with Crippen LogP contribution >= 0.6 is 53.0 Å². The van der Waals surface area contributed by atoms with Crippen LogP contribution in [0.1, 0.15) is 0 Å². The maximum atomic E-state index is 10.5. The monoisotopic (exact) mass is 492 g/mol. The molecule has 0 aromatic heterocycles. The molecule has 1 fully saturated rings. The molecular formula is C10H24N2O6S7. The van der Waals surface area contributed by atoms with E-state index in [1.165, 1.54) is 11.5 Å². The lowest BCUT2D eigenvalue weighted by Gasteiger charge is -2.25. The Kier molecular flexibility index (Phi) is 13.6. The van der Waals surface area contributed by atoms with Gasteiger partial charge in [-0.1, -0.05) is 21.6 Å². The van der Waals surface area contributed by atoms with Crippen LogP contribution in [0.2, 0.25) is 0 Å². The zero-order valence-electron chi connectivity index (χ0n) is 14.3. The highest BCUT2D eigenvalue weighted by molar-refractivity contribution is 9.09. The average molecular weight is 493 g/mol. The van der Waals surface area contributed by atoms with Gasteiger partial charge in [0.25, 0.3) is 0 Å². The molecule has 25 heavy (non-hydrogen) atoms. The quantitative estimate of drug-likeness (QED) is 0.380. The third kappa shape index (κ3) is 16.2. The zero-order chi connectivity index (χ0) is 19.7. The fourth-order valence-electron chi connectivity index (χ4n) is 1.27. The first kappa shape index (κ1) is 26.5. The fourth-order valence-corrected chi connectivity index (χ4v) is 9.45. The van der Waals surface area contributed by atoms with Crippen molar-refractivity contribution < 1.29 is 25.9 Å². The first-order valence-corrected chi connectivity index (χ1v) is 16.5. The standard InChI is InChI=1S/C5H13NO6S4.C5H11NS3/c1-6(2)5(3-13-15(7,8)9)4-14-16(10,11)12;1-6(2)5-3-7-9-8-4-5/h5H,3-4H2,1-2H3,(H,7,8,9)(H,10,11,12);5H,3-4H2,1-2H3. The van der Waals surface area contributed by atoms with Gasteiger partial charge >= 0.3 is 18.3 Å². The number of hydrogen-bond acceptors (Lipinski definition) is 11. The first-order valence-electron chi connectivity index (χ1n) is 6.79. The normalized spacial score (nSPS) is 17.0. The highest BCUT2D eigenvalue weighted by atomic mass is 33.5. The molecule has 0 saturated carbocycles. The summed E-state index contributed by atoms with van der Waals surface area (Å²) in [4.78, 5) is 3.91. The molecule has 0 amide bonds. The maximum absolute atomic E-state index is 10.5. The van der Waals surface area contributed by atoms with Crippen LogP contribution in [0.15, 0.2) is 0 Å². The van der Waals surface area contributed by atoms with E-state index in [9.17, 15) is 16.8 Å². The molecule has 15 heteroatoms. The molecule has 1 aliphatic heterocycles. The SMILES string of the molecule is CN(C)C(CSS(=O)(=O)O)CSS(=O)(=O)O.CN(C)C1CSSSC1. The molecule has 0 aliphatic carbocycles. The molecule has 0 unspecified atom stereocenters. The highest BCUT2D eigenvalue weighted by Crippen LogP contribution is 2.40. The summed E-state index contributed by atoms with van der Waals surface area (Å²) in [6, 6.07) is 0.389. The van der Waals surface area contributed by atoms with Gasteiger partial charge in [0, 0.05) is 35.1 Å². The lowest BCUT2D eigenvalue weighted by Crippen LogP contribution is -2.33. The van der Waals surface area contributed by atoms with E-state index in [4.69, 9.17) is 9.11 Å².